The highest BCUT2D eigenvalue weighted by atomic mass is 79.9. The Labute approximate surface area is 163 Å². The number of fused-ring (bicyclic) bond motifs is 1. The normalized spacial score (nSPS) is 12.6. The summed E-state index contributed by atoms with van der Waals surface area (Å²) in [6, 6.07) is 8.01. The third-order valence-corrected chi connectivity index (χ3v) is 4.42. The van der Waals surface area contributed by atoms with E-state index < -0.39 is 5.82 Å². The van der Waals surface area contributed by atoms with Crippen LogP contribution >= 0.6 is 27.5 Å². The van der Waals surface area contributed by atoms with Crippen molar-refractivity contribution in [2.45, 2.75) is 6.42 Å². The molecule has 26 heavy (non-hydrogen) atoms. The summed E-state index contributed by atoms with van der Waals surface area (Å²) in [4.78, 5) is 11.8. The standard InChI is InChI=1S/C18H16BrClFNO4/c19-12-1-2-15(14(21)9-12)26-10-17(23)22-4-3-11-7-13(20)18-16(8-11)24-5-6-25-18/h1-2,7-9H,3-6,10H2,(H,22,23). The third kappa shape index (κ3) is 4.80. The van der Waals surface area contributed by atoms with E-state index in [0.717, 1.165) is 5.56 Å². The van der Waals surface area contributed by atoms with Crippen LogP contribution in [0.3, 0.4) is 0 Å². The second-order valence-electron chi connectivity index (χ2n) is 5.57. The van der Waals surface area contributed by atoms with Crippen molar-refractivity contribution in [3.8, 4) is 17.2 Å². The highest BCUT2D eigenvalue weighted by molar-refractivity contribution is 9.10. The number of hydrogen-bond donors (Lipinski definition) is 1. The van der Waals surface area contributed by atoms with E-state index in [1.165, 1.54) is 12.1 Å². The van der Waals surface area contributed by atoms with Crippen LogP contribution in [0.5, 0.6) is 17.2 Å². The van der Waals surface area contributed by atoms with Gasteiger partial charge in [0.05, 0.1) is 5.02 Å². The fourth-order valence-electron chi connectivity index (χ4n) is 2.44. The summed E-state index contributed by atoms with van der Waals surface area (Å²) in [5, 5.41) is 3.20. The second-order valence-corrected chi connectivity index (χ2v) is 6.89. The van der Waals surface area contributed by atoms with Gasteiger partial charge < -0.3 is 19.5 Å². The van der Waals surface area contributed by atoms with Crippen LogP contribution in [0.2, 0.25) is 5.02 Å². The fourth-order valence-corrected chi connectivity index (χ4v) is 3.06. The summed E-state index contributed by atoms with van der Waals surface area (Å²) in [5.41, 5.74) is 0.916. The molecule has 1 aliphatic heterocycles. The zero-order valence-electron chi connectivity index (χ0n) is 13.7. The largest absolute Gasteiger partial charge is 0.486 e. The van der Waals surface area contributed by atoms with Crippen molar-refractivity contribution in [1.29, 1.82) is 0 Å². The predicted octanol–water partition coefficient (Wildman–Crippen LogP) is 3.75. The molecule has 138 valence electrons. The van der Waals surface area contributed by atoms with E-state index in [4.69, 9.17) is 25.8 Å². The first-order chi connectivity index (χ1) is 12.5. The number of nitrogens with one attached hydrogen (secondary N) is 1. The number of rotatable bonds is 6. The van der Waals surface area contributed by atoms with Gasteiger partial charge in [-0.15, -0.1) is 0 Å². The van der Waals surface area contributed by atoms with Crippen LogP contribution in [-0.4, -0.2) is 32.3 Å². The molecule has 1 heterocycles. The van der Waals surface area contributed by atoms with Crippen LogP contribution in [0, 0.1) is 5.82 Å². The number of halogens is 3. The number of ether oxygens (including phenoxy) is 3. The van der Waals surface area contributed by atoms with Gasteiger partial charge in [0.25, 0.3) is 5.91 Å². The van der Waals surface area contributed by atoms with Gasteiger partial charge in [-0.05, 0) is 42.3 Å². The van der Waals surface area contributed by atoms with E-state index in [9.17, 15) is 9.18 Å². The molecule has 0 atom stereocenters. The zero-order chi connectivity index (χ0) is 18.5. The first-order valence-corrected chi connectivity index (χ1v) is 9.12. The van der Waals surface area contributed by atoms with Crippen molar-refractivity contribution in [2.24, 2.45) is 0 Å². The molecule has 3 rings (SSSR count). The first kappa shape index (κ1) is 18.8. The predicted molar refractivity (Wildman–Crippen MR) is 98.8 cm³/mol. The smallest absolute Gasteiger partial charge is 0.257 e. The highest BCUT2D eigenvalue weighted by Crippen LogP contribution is 2.38. The van der Waals surface area contributed by atoms with Gasteiger partial charge >= 0.3 is 0 Å². The molecular weight excluding hydrogens is 429 g/mol. The molecule has 0 saturated heterocycles. The topological polar surface area (TPSA) is 56.8 Å². The van der Waals surface area contributed by atoms with Gasteiger partial charge in [0.1, 0.15) is 13.2 Å². The van der Waals surface area contributed by atoms with Crippen LogP contribution in [0.4, 0.5) is 4.39 Å². The number of carbonyl (C=O) groups excluding carboxylic acids is 1. The van der Waals surface area contributed by atoms with E-state index in [1.54, 1.807) is 12.1 Å². The van der Waals surface area contributed by atoms with E-state index in [0.29, 0.717) is 47.2 Å². The van der Waals surface area contributed by atoms with Gasteiger partial charge in [0.2, 0.25) is 0 Å². The lowest BCUT2D eigenvalue weighted by atomic mass is 10.1. The molecule has 0 unspecified atom stereocenters. The average Bonchev–Trinajstić information content (AvgIpc) is 2.61. The minimum atomic E-state index is -0.530. The van der Waals surface area contributed by atoms with Gasteiger partial charge in [-0.1, -0.05) is 27.5 Å². The molecule has 0 aromatic heterocycles. The Bertz CT molecular complexity index is 818. The quantitative estimate of drug-likeness (QED) is 0.737. The summed E-state index contributed by atoms with van der Waals surface area (Å²) in [6.45, 7) is 1.08. The monoisotopic (exact) mass is 443 g/mol. The van der Waals surface area contributed by atoms with Crippen LogP contribution in [-0.2, 0) is 11.2 Å². The Hall–Kier alpha value is -1.99. The Morgan fingerprint density at radius 1 is 1.27 bits per heavy atom. The molecule has 0 radical (unpaired) electrons. The van der Waals surface area contributed by atoms with Gasteiger partial charge in [-0.3, -0.25) is 4.79 Å². The van der Waals surface area contributed by atoms with Gasteiger partial charge in [-0.2, -0.15) is 0 Å². The van der Waals surface area contributed by atoms with Crippen LogP contribution in [0.25, 0.3) is 0 Å². The fraction of sp³-hybridized carbons (Fsp3) is 0.278. The molecule has 0 fully saturated rings. The molecule has 1 N–H and O–H groups in total. The number of carbonyl (C=O) groups is 1. The lowest BCUT2D eigenvalue weighted by Crippen LogP contribution is -2.30. The molecule has 0 spiro atoms. The molecule has 2 aromatic carbocycles. The lowest BCUT2D eigenvalue weighted by Gasteiger charge is -2.20. The molecule has 2 aromatic rings. The Kier molecular flexibility index (Phi) is 6.21. The summed E-state index contributed by atoms with van der Waals surface area (Å²) in [5.74, 6) is 0.325. The van der Waals surface area contributed by atoms with Crippen molar-refractivity contribution in [3.05, 3.63) is 51.2 Å². The van der Waals surface area contributed by atoms with Crippen molar-refractivity contribution < 1.29 is 23.4 Å². The lowest BCUT2D eigenvalue weighted by molar-refractivity contribution is -0.123. The van der Waals surface area contributed by atoms with Crippen LogP contribution < -0.4 is 19.5 Å². The van der Waals surface area contributed by atoms with Crippen molar-refractivity contribution in [2.75, 3.05) is 26.4 Å². The zero-order valence-corrected chi connectivity index (χ0v) is 16.0. The van der Waals surface area contributed by atoms with Crippen LogP contribution in [0.15, 0.2) is 34.8 Å². The third-order valence-electron chi connectivity index (χ3n) is 3.65. The SMILES string of the molecule is O=C(COc1ccc(Br)cc1F)NCCc1cc(Cl)c2c(c1)OCCO2. The van der Waals surface area contributed by atoms with Crippen molar-refractivity contribution in [1.82, 2.24) is 5.32 Å². The van der Waals surface area contributed by atoms with Crippen LogP contribution in [0.1, 0.15) is 5.56 Å². The summed E-state index contributed by atoms with van der Waals surface area (Å²) in [7, 11) is 0. The molecule has 0 bridgehead atoms. The van der Waals surface area contributed by atoms with Gasteiger partial charge in [-0.25, -0.2) is 4.39 Å². The Morgan fingerprint density at radius 2 is 2.08 bits per heavy atom. The van der Waals surface area contributed by atoms with E-state index in [2.05, 4.69) is 21.2 Å². The van der Waals surface area contributed by atoms with Gasteiger partial charge in [0, 0.05) is 11.0 Å². The Balaban J connectivity index is 1.47. The molecule has 8 heteroatoms. The minimum absolute atomic E-state index is 0.0296. The summed E-state index contributed by atoms with van der Waals surface area (Å²) >= 11 is 9.34. The average molecular weight is 445 g/mol. The van der Waals surface area contributed by atoms with E-state index >= 15 is 0 Å². The molecule has 5 nitrogen and oxygen atoms in total. The van der Waals surface area contributed by atoms with Crippen molar-refractivity contribution >= 4 is 33.4 Å². The van der Waals surface area contributed by atoms with E-state index in [1.807, 2.05) is 6.07 Å². The molecule has 1 aliphatic rings. The van der Waals surface area contributed by atoms with Gasteiger partial charge in [0.15, 0.2) is 29.7 Å². The second kappa shape index (κ2) is 8.60. The minimum Gasteiger partial charge on any atom is -0.486 e. The number of benzene rings is 2. The Morgan fingerprint density at radius 3 is 2.88 bits per heavy atom. The number of amides is 1. The summed E-state index contributed by atoms with van der Waals surface area (Å²) < 4.78 is 30.4. The number of hydrogen-bond acceptors (Lipinski definition) is 4. The highest BCUT2D eigenvalue weighted by Gasteiger charge is 2.16. The molecule has 0 aliphatic carbocycles. The maximum Gasteiger partial charge on any atom is 0.257 e. The molecule has 0 saturated carbocycles. The van der Waals surface area contributed by atoms with Crippen molar-refractivity contribution in [3.63, 3.8) is 0 Å². The first-order valence-electron chi connectivity index (χ1n) is 7.95. The maximum absolute atomic E-state index is 13.6. The molecule has 1 amide bonds. The van der Waals surface area contributed by atoms with E-state index in [-0.39, 0.29) is 18.3 Å². The molecular formula is C18H16BrClFNO4. The maximum atomic E-state index is 13.6. The summed E-state index contributed by atoms with van der Waals surface area (Å²) in [6.07, 6.45) is 0.564.